The zero-order chi connectivity index (χ0) is 17.8. The Balaban J connectivity index is 1.53. The van der Waals surface area contributed by atoms with Crippen molar-refractivity contribution in [1.29, 1.82) is 0 Å². The number of benzene rings is 1. The Morgan fingerprint density at radius 3 is 2.76 bits per heavy atom. The van der Waals surface area contributed by atoms with Crippen LogP contribution < -0.4 is 0 Å². The Morgan fingerprint density at radius 1 is 1.28 bits per heavy atom. The molecular formula is C19H29N5O. The number of β-amino-alcohol motifs (C(OH)–C–C–N with tert-alkyl or cyclic N) is 1. The van der Waals surface area contributed by atoms with E-state index in [1.807, 2.05) is 37.3 Å². The van der Waals surface area contributed by atoms with Crippen LogP contribution in [0.1, 0.15) is 36.7 Å². The van der Waals surface area contributed by atoms with Crippen LogP contribution in [0.15, 0.2) is 30.3 Å². The van der Waals surface area contributed by atoms with Gasteiger partial charge in [-0.25, -0.2) is 0 Å². The molecule has 0 saturated carbocycles. The molecule has 6 nitrogen and oxygen atoms in total. The number of hydrogen-bond donors (Lipinski definition) is 1. The molecule has 136 valence electrons. The van der Waals surface area contributed by atoms with Crippen LogP contribution in [0.2, 0.25) is 0 Å². The molecule has 2 atom stereocenters. The maximum atomic E-state index is 10.4. The summed E-state index contributed by atoms with van der Waals surface area (Å²) >= 11 is 0. The molecule has 0 amide bonds. The Hall–Kier alpha value is -1.76. The molecule has 25 heavy (non-hydrogen) atoms. The quantitative estimate of drug-likeness (QED) is 0.831. The highest BCUT2D eigenvalue weighted by Gasteiger charge is 2.28. The van der Waals surface area contributed by atoms with E-state index in [9.17, 15) is 5.11 Å². The fourth-order valence-electron chi connectivity index (χ4n) is 3.67. The first-order chi connectivity index (χ1) is 12.1. The van der Waals surface area contributed by atoms with Crippen molar-refractivity contribution in [2.75, 3.05) is 26.7 Å². The molecule has 1 N–H and O–H groups in total. The van der Waals surface area contributed by atoms with Crippen molar-refractivity contribution < 1.29 is 5.11 Å². The number of aliphatic hydroxyl groups excluding tert-OH is 1. The maximum Gasteiger partial charge on any atom is 0.147 e. The van der Waals surface area contributed by atoms with Crippen molar-refractivity contribution in [1.82, 2.24) is 24.6 Å². The summed E-state index contributed by atoms with van der Waals surface area (Å²) in [5.74, 6) is 2.01. The van der Waals surface area contributed by atoms with E-state index in [2.05, 4.69) is 38.5 Å². The number of aryl methyl sites for hydroxylation is 1. The van der Waals surface area contributed by atoms with Crippen LogP contribution in [0.4, 0.5) is 0 Å². The van der Waals surface area contributed by atoms with E-state index in [-0.39, 0.29) is 0 Å². The second kappa shape index (κ2) is 8.08. The average Bonchev–Trinajstić information content (AvgIpc) is 3.22. The van der Waals surface area contributed by atoms with Gasteiger partial charge in [-0.2, -0.15) is 0 Å². The first kappa shape index (κ1) is 18.0. The van der Waals surface area contributed by atoms with Crippen molar-refractivity contribution in [2.24, 2.45) is 0 Å². The fourth-order valence-corrected chi connectivity index (χ4v) is 3.67. The van der Waals surface area contributed by atoms with Gasteiger partial charge in [0.1, 0.15) is 11.6 Å². The minimum Gasteiger partial charge on any atom is -0.387 e. The van der Waals surface area contributed by atoms with E-state index in [4.69, 9.17) is 0 Å². The first-order valence-electron chi connectivity index (χ1n) is 9.12. The summed E-state index contributed by atoms with van der Waals surface area (Å²) in [6.07, 6.45) is 0.702. The zero-order valence-electron chi connectivity index (χ0n) is 15.5. The van der Waals surface area contributed by atoms with Gasteiger partial charge in [0, 0.05) is 25.7 Å². The monoisotopic (exact) mass is 343 g/mol. The lowest BCUT2D eigenvalue weighted by atomic mass is 10.1. The van der Waals surface area contributed by atoms with Crippen molar-refractivity contribution in [3.05, 3.63) is 47.5 Å². The highest BCUT2D eigenvalue weighted by atomic mass is 16.3. The topological polar surface area (TPSA) is 57.4 Å². The molecule has 1 fully saturated rings. The molecule has 1 aromatic carbocycles. The van der Waals surface area contributed by atoms with E-state index < -0.39 is 6.10 Å². The van der Waals surface area contributed by atoms with Crippen LogP contribution in [0.5, 0.6) is 0 Å². The van der Waals surface area contributed by atoms with Gasteiger partial charge in [-0.1, -0.05) is 30.3 Å². The van der Waals surface area contributed by atoms with Gasteiger partial charge in [0.2, 0.25) is 0 Å². The van der Waals surface area contributed by atoms with Crippen molar-refractivity contribution in [3.63, 3.8) is 0 Å². The molecule has 0 unspecified atom stereocenters. The highest BCUT2D eigenvalue weighted by molar-refractivity contribution is 5.17. The SMILES string of the molecule is CCn1c(C)nnc1CN(C)[C@H]1CCN(C[C@@H](O)c2ccccc2)C1. The van der Waals surface area contributed by atoms with Crippen LogP contribution in [0.25, 0.3) is 0 Å². The van der Waals surface area contributed by atoms with Crippen molar-refractivity contribution in [2.45, 2.75) is 45.5 Å². The number of rotatable bonds is 7. The number of hydrogen-bond acceptors (Lipinski definition) is 5. The molecule has 0 spiro atoms. The molecule has 1 saturated heterocycles. The normalized spacial score (nSPS) is 19.6. The van der Waals surface area contributed by atoms with Gasteiger partial charge in [0.25, 0.3) is 0 Å². The van der Waals surface area contributed by atoms with E-state index >= 15 is 0 Å². The number of likely N-dealkylation sites (tertiary alicyclic amines) is 1. The predicted molar refractivity (Wildman–Crippen MR) is 98.1 cm³/mol. The summed E-state index contributed by atoms with van der Waals surface area (Å²) in [6.45, 7) is 8.55. The van der Waals surface area contributed by atoms with Crippen LogP contribution in [-0.2, 0) is 13.1 Å². The predicted octanol–water partition coefficient (Wildman–Crippen LogP) is 1.85. The lowest BCUT2D eigenvalue weighted by molar-refractivity contribution is 0.120. The van der Waals surface area contributed by atoms with Crippen LogP contribution in [0.3, 0.4) is 0 Å². The second-order valence-corrected chi connectivity index (χ2v) is 6.95. The summed E-state index contributed by atoms with van der Waals surface area (Å²) in [5.41, 5.74) is 0.992. The van der Waals surface area contributed by atoms with Gasteiger partial charge < -0.3 is 9.67 Å². The van der Waals surface area contributed by atoms with Gasteiger partial charge >= 0.3 is 0 Å². The van der Waals surface area contributed by atoms with Gasteiger partial charge in [0.05, 0.1) is 12.6 Å². The summed E-state index contributed by atoms with van der Waals surface area (Å²) in [6, 6.07) is 10.4. The fraction of sp³-hybridized carbons (Fsp3) is 0.579. The average molecular weight is 343 g/mol. The minimum atomic E-state index is -0.420. The summed E-state index contributed by atoms with van der Waals surface area (Å²) in [5, 5.41) is 19.0. The van der Waals surface area contributed by atoms with Gasteiger partial charge in [-0.05, 0) is 39.4 Å². The summed E-state index contributed by atoms with van der Waals surface area (Å²) in [4.78, 5) is 4.72. The smallest absolute Gasteiger partial charge is 0.147 e. The van der Waals surface area contributed by atoms with Crippen LogP contribution in [0, 0.1) is 6.92 Å². The Morgan fingerprint density at radius 2 is 2.04 bits per heavy atom. The van der Waals surface area contributed by atoms with Crippen LogP contribution >= 0.6 is 0 Å². The molecule has 2 heterocycles. The Kier molecular flexibility index (Phi) is 5.83. The third-order valence-electron chi connectivity index (χ3n) is 5.21. The summed E-state index contributed by atoms with van der Waals surface area (Å²) < 4.78 is 2.17. The highest BCUT2D eigenvalue weighted by Crippen LogP contribution is 2.20. The molecule has 6 heteroatoms. The Labute approximate surface area is 150 Å². The molecule has 1 aliphatic rings. The molecule has 0 aliphatic carbocycles. The van der Waals surface area contributed by atoms with Crippen LogP contribution in [-0.4, -0.2) is 62.4 Å². The summed E-state index contributed by atoms with van der Waals surface area (Å²) in [7, 11) is 2.16. The van der Waals surface area contributed by atoms with Gasteiger partial charge in [-0.3, -0.25) is 9.80 Å². The second-order valence-electron chi connectivity index (χ2n) is 6.95. The van der Waals surface area contributed by atoms with Crippen molar-refractivity contribution >= 4 is 0 Å². The van der Waals surface area contributed by atoms with Gasteiger partial charge in [0.15, 0.2) is 0 Å². The van der Waals surface area contributed by atoms with E-state index in [1.54, 1.807) is 0 Å². The molecule has 2 aromatic rings. The van der Waals surface area contributed by atoms with E-state index in [1.165, 1.54) is 0 Å². The largest absolute Gasteiger partial charge is 0.387 e. The molecule has 0 radical (unpaired) electrons. The lowest BCUT2D eigenvalue weighted by Crippen LogP contribution is -2.36. The minimum absolute atomic E-state index is 0.420. The zero-order valence-corrected chi connectivity index (χ0v) is 15.5. The first-order valence-corrected chi connectivity index (χ1v) is 9.12. The molecule has 1 aliphatic heterocycles. The molecular weight excluding hydrogens is 314 g/mol. The van der Waals surface area contributed by atoms with Crippen molar-refractivity contribution in [3.8, 4) is 0 Å². The molecule has 1 aromatic heterocycles. The number of nitrogens with zero attached hydrogens (tertiary/aromatic N) is 5. The third kappa shape index (κ3) is 4.26. The maximum absolute atomic E-state index is 10.4. The standard InChI is InChI=1S/C19H29N5O/c1-4-24-15(2)20-21-19(24)14-22(3)17-10-11-23(12-17)13-18(25)16-8-6-5-7-9-16/h5-9,17-18,25H,4,10-14H2,1-3H3/t17-,18+/m0/s1. The lowest BCUT2D eigenvalue weighted by Gasteiger charge is -2.25. The third-order valence-corrected chi connectivity index (χ3v) is 5.21. The molecule has 3 rings (SSSR count). The number of aromatic nitrogens is 3. The van der Waals surface area contributed by atoms with E-state index in [0.717, 1.165) is 49.8 Å². The number of likely N-dealkylation sites (N-methyl/N-ethyl adjacent to an activating group) is 1. The molecule has 0 bridgehead atoms. The van der Waals surface area contributed by atoms with E-state index in [0.29, 0.717) is 12.6 Å². The van der Waals surface area contributed by atoms with Gasteiger partial charge in [-0.15, -0.1) is 10.2 Å². The Bertz CT molecular complexity index is 672. The number of aliphatic hydroxyl groups is 1.